The molecule has 0 bridgehead atoms. The molecule has 2 nitrogen and oxygen atoms in total. The van der Waals surface area contributed by atoms with E-state index in [2.05, 4.69) is 23.5 Å². The van der Waals surface area contributed by atoms with Crippen molar-refractivity contribution in [3.05, 3.63) is 29.3 Å². The third-order valence-corrected chi connectivity index (χ3v) is 3.58. The molecule has 1 aliphatic heterocycles. The van der Waals surface area contributed by atoms with E-state index in [0.29, 0.717) is 6.42 Å². The molecule has 1 saturated carbocycles. The Morgan fingerprint density at radius 2 is 2.00 bits per heavy atom. The second kappa shape index (κ2) is 3.37. The predicted molar refractivity (Wildman–Crippen MR) is 60.0 cm³/mol. The third-order valence-electron chi connectivity index (χ3n) is 3.58. The number of anilines is 1. The lowest BCUT2D eigenvalue weighted by Gasteiger charge is -2.10. The van der Waals surface area contributed by atoms with Gasteiger partial charge in [-0.3, -0.25) is 4.79 Å². The number of hydrogen-bond donors (Lipinski definition) is 1. The van der Waals surface area contributed by atoms with Crippen LogP contribution in [0.3, 0.4) is 0 Å². The number of fused-ring (bicyclic) bond motifs is 1. The van der Waals surface area contributed by atoms with Crippen molar-refractivity contribution in [2.45, 2.75) is 38.0 Å². The van der Waals surface area contributed by atoms with Crippen LogP contribution in [0.1, 0.15) is 42.7 Å². The van der Waals surface area contributed by atoms with E-state index in [1.54, 1.807) is 0 Å². The van der Waals surface area contributed by atoms with Gasteiger partial charge in [0.15, 0.2) is 0 Å². The smallest absolute Gasteiger partial charge is 0.228 e. The van der Waals surface area contributed by atoms with Crippen LogP contribution in [0.2, 0.25) is 0 Å². The molecule has 1 amide bonds. The normalized spacial score (nSPS) is 20.4. The van der Waals surface area contributed by atoms with Gasteiger partial charge < -0.3 is 5.32 Å². The Balaban J connectivity index is 1.92. The summed E-state index contributed by atoms with van der Waals surface area (Å²) in [6.45, 7) is 0. The quantitative estimate of drug-likeness (QED) is 0.743. The summed E-state index contributed by atoms with van der Waals surface area (Å²) in [6, 6.07) is 6.47. The number of hydrogen-bond acceptors (Lipinski definition) is 1. The summed E-state index contributed by atoms with van der Waals surface area (Å²) in [7, 11) is 0. The lowest BCUT2D eigenvalue weighted by Crippen LogP contribution is -2.03. The fourth-order valence-electron chi connectivity index (χ4n) is 2.76. The molecule has 0 atom stereocenters. The van der Waals surface area contributed by atoms with E-state index in [1.165, 1.54) is 36.8 Å². The summed E-state index contributed by atoms with van der Waals surface area (Å²) < 4.78 is 0. The van der Waals surface area contributed by atoms with E-state index in [0.717, 1.165) is 11.6 Å². The first kappa shape index (κ1) is 8.96. The zero-order valence-electron chi connectivity index (χ0n) is 8.75. The van der Waals surface area contributed by atoms with E-state index in [4.69, 9.17) is 0 Å². The zero-order valence-corrected chi connectivity index (χ0v) is 8.75. The summed E-state index contributed by atoms with van der Waals surface area (Å²) in [5, 5.41) is 2.88. The second-order valence-corrected chi connectivity index (χ2v) is 4.62. The number of carbonyl (C=O) groups is 1. The summed E-state index contributed by atoms with van der Waals surface area (Å²) in [5.41, 5.74) is 3.63. The third kappa shape index (κ3) is 1.54. The number of nitrogens with one attached hydrogen (secondary N) is 1. The molecule has 2 heteroatoms. The van der Waals surface area contributed by atoms with Gasteiger partial charge in [-0.15, -0.1) is 0 Å². The Labute approximate surface area is 89.7 Å². The summed E-state index contributed by atoms with van der Waals surface area (Å²) in [4.78, 5) is 11.2. The highest BCUT2D eigenvalue weighted by Gasteiger charge is 2.21. The molecular formula is C13H15NO. The fraction of sp³-hybridized carbons (Fsp3) is 0.462. The zero-order chi connectivity index (χ0) is 10.3. The van der Waals surface area contributed by atoms with Gasteiger partial charge in [0.25, 0.3) is 0 Å². The van der Waals surface area contributed by atoms with Crippen molar-refractivity contribution < 1.29 is 4.79 Å². The molecule has 78 valence electrons. The van der Waals surface area contributed by atoms with Gasteiger partial charge in [0.1, 0.15) is 0 Å². The Kier molecular flexibility index (Phi) is 2.01. The Morgan fingerprint density at radius 1 is 1.20 bits per heavy atom. The first-order valence-corrected chi connectivity index (χ1v) is 5.75. The van der Waals surface area contributed by atoms with Crippen LogP contribution in [0.25, 0.3) is 0 Å². The summed E-state index contributed by atoms with van der Waals surface area (Å²) in [6.07, 6.45) is 5.92. The minimum Gasteiger partial charge on any atom is -0.326 e. The van der Waals surface area contributed by atoms with Crippen molar-refractivity contribution in [3.8, 4) is 0 Å². The van der Waals surface area contributed by atoms with Gasteiger partial charge in [-0.1, -0.05) is 25.0 Å². The van der Waals surface area contributed by atoms with Crippen molar-refractivity contribution in [2.24, 2.45) is 0 Å². The Hall–Kier alpha value is -1.31. The standard InChI is InChI=1S/C13H15NO/c15-13-8-11-7-10(5-6-12(11)14-13)9-3-1-2-4-9/h5-7,9H,1-4,8H2,(H,14,15). The van der Waals surface area contributed by atoms with Gasteiger partial charge in [-0.05, 0) is 36.0 Å². The molecule has 0 saturated heterocycles. The predicted octanol–water partition coefficient (Wildman–Crippen LogP) is 2.84. The molecule has 2 aliphatic rings. The molecule has 1 aliphatic carbocycles. The lowest BCUT2D eigenvalue weighted by molar-refractivity contribution is -0.115. The van der Waals surface area contributed by atoms with Crippen LogP contribution >= 0.6 is 0 Å². The highest BCUT2D eigenvalue weighted by molar-refractivity contribution is 5.99. The maximum absolute atomic E-state index is 11.2. The molecule has 0 radical (unpaired) electrons. The molecule has 1 heterocycles. The van der Waals surface area contributed by atoms with Crippen molar-refractivity contribution in [1.29, 1.82) is 0 Å². The summed E-state index contributed by atoms with van der Waals surface area (Å²) in [5.74, 6) is 0.875. The minimum atomic E-state index is 0.133. The molecule has 1 fully saturated rings. The van der Waals surface area contributed by atoms with E-state index in [1.807, 2.05) is 0 Å². The van der Waals surface area contributed by atoms with Crippen LogP contribution in [0, 0.1) is 0 Å². The number of rotatable bonds is 1. The van der Waals surface area contributed by atoms with Crippen molar-refractivity contribution in [2.75, 3.05) is 5.32 Å². The Morgan fingerprint density at radius 3 is 2.80 bits per heavy atom. The van der Waals surface area contributed by atoms with Crippen LogP contribution in [0.4, 0.5) is 5.69 Å². The minimum absolute atomic E-state index is 0.133. The SMILES string of the molecule is O=C1Cc2cc(C3CCCC3)ccc2N1. The molecule has 1 N–H and O–H groups in total. The van der Waals surface area contributed by atoms with Gasteiger partial charge in [0.05, 0.1) is 6.42 Å². The van der Waals surface area contributed by atoms with Gasteiger partial charge in [-0.25, -0.2) is 0 Å². The maximum Gasteiger partial charge on any atom is 0.228 e. The maximum atomic E-state index is 11.2. The molecule has 0 spiro atoms. The topological polar surface area (TPSA) is 29.1 Å². The van der Waals surface area contributed by atoms with E-state index in [9.17, 15) is 4.79 Å². The average molecular weight is 201 g/mol. The van der Waals surface area contributed by atoms with Crippen molar-refractivity contribution >= 4 is 11.6 Å². The second-order valence-electron chi connectivity index (χ2n) is 4.62. The van der Waals surface area contributed by atoms with Crippen LogP contribution in [-0.4, -0.2) is 5.91 Å². The largest absolute Gasteiger partial charge is 0.326 e. The lowest BCUT2D eigenvalue weighted by atomic mass is 9.95. The van der Waals surface area contributed by atoms with Gasteiger partial charge in [0.2, 0.25) is 5.91 Å². The van der Waals surface area contributed by atoms with Crippen LogP contribution in [0.5, 0.6) is 0 Å². The molecule has 1 aromatic carbocycles. The number of carbonyl (C=O) groups excluding carboxylic acids is 1. The van der Waals surface area contributed by atoms with E-state index < -0.39 is 0 Å². The van der Waals surface area contributed by atoms with Crippen LogP contribution < -0.4 is 5.32 Å². The summed E-state index contributed by atoms with van der Waals surface area (Å²) >= 11 is 0. The molecule has 0 unspecified atom stereocenters. The molecule has 15 heavy (non-hydrogen) atoms. The van der Waals surface area contributed by atoms with Crippen LogP contribution in [0.15, 0.2) is 18.2 Å². The first-order valence-electron chi connectivity index (χ1n) is 5.75. The highest BCUT2D eigenvalue weighted by atomic mass is 16.1. The van der Waals surface area contributed by atoms with Gasteiger partial charge in [0, 0.05) is 5.69 Å². The van der Waals surface area contributed by atoms with Crippen molar-refractivity contribution in [1.82, 2.24) is 0 Å². The average Bonchev–Trinajstić information content (AvgIpc) is 2.82. The van der Waals surface area contributed by atoms with Gasteiger partial charge >= 0.3 is 0 Å². The molecular weight excluding hydrogens is 186 g/mol. The highest BCUT2D eigenvalue weighted by Crippen LogP contribution is 2.36. The monoisotopic (exact) mass is 201 g/mol. The molecule has 3 rings (SSSR count). The Bertz CT molecular complexity index is 405. The van der Waals surface area contributed by atoms with Crippen LogP contribution in [-0.2, 0) is 11.2 Å². The van der Waals surface area contributed by atoms with E-state index >= 15 is 0 Å². The number of benzene rings is 1. The molecule has 1 aromatic rings. The molecule has 0 aromatic heterocycles. The van der Waals surface area contributed by atoms with E-state index in [-0.39, 0.29) is 5.91 Å². The fourth-order valence-corrected chi connectivity index (χ4v) is 2.76. The van der Waals surface area contributed by atoms with Gasteiger partial charge in [-0.2, -0.15) is 0 Å². The first-order chi connectivity index (χ1) is 7.33. The number of amides is 1. The van der Waals surface area contributed by atoms with Crippen molar-refractivity contribution in [3.63, 3.8) is 0 Å².